The van der Waals surface area contributed by atoms with Gasteiger partial charge in [-0.3, -0.25) is 57.7 Å². The van der Waals surface area contributed by atoms with E-state index in [9.17, 15) is 83.1 Å². The molecule has 30 nitrogen and oxygen atoms in total. The summed E-state index contributed by atoms with van der Waals surface area (Å²) in [6, 6.07) is 0.263. The van der Waals surface area contributed by atoms with Gasteiger partial charge in [-0.1, -0.05) is 89.1 Å². The third-order valence-corrected chi connectivity index (χ3v) is 13.6. The zero-order valence-electron chi connectivity index (χ0n) is 46.9. The van der Waals surface area contributed by atoms with E-state index in [1.54, 1.807) is 81.6 Å². The number of nitrogens with zero attached hydrogens (tertiary/aromatic N) is 1. The molecule has 1 aromatic heterocycles. The molecule has 460 valence electrons. The molecule has 0 aliphatic carbocycles. The molecule has 0 aliphatic rings. The van der Waals surface area contributed by atoms with Crippen molar-refractivity contribution >= 4 is 88.0 Å². The minimum absolute atomic E-state index is 0.0305. The molecule has 11 unspecified atom stereocenters. The zero-order chi connectivity index (χ0) is 62.8. The molecule has 0 aliphatic heterocycles. The first-order valence-electron chi connectivity index (χ1n) is 27.0. The van der Waals surface area contributed by atoms with E-state index in [0.717, 1.165) is 0 Å². The number of H-pyrrole nitrogens is 1. The van der Waals surface area contributed by atoms with Crippen LogP contribution in [-0.2, 0) is 70.4 Å². The average Bonchev–Trinajstić information content (AvgIpc) is 3.99. The van der Waals surface area contributed by atoms with E-state index < -0.39 is 170 Å². The van der Waals surface area contributed by atoms with Crippen molar-refractivity contribution in [2.45, 2.75) is 146 Å². The highest BCUT2D eigenvalue weighted by Crippen LogP contribution is 2.21. The number of fused-ring (bicyclic) bond motifs is 1. The quantitative estimate of drug-likeness (QED) is 0.0157. The Hall–Kier alpha value is -9.19. The number of aliphatic hydroxyl groups excluding tert-OH is 1. The number of nitrogens with two attached hydrogens (primary N) is 3. The fourth-order valence-corrected chi connectivity index (χ4v) is 8.47. The van der Waals surface area contributed by atoms with Crippen LogP contribution in [-0.4, -0.2) is 175 Å². The van der Waals surface area contributed by atoms with Crippen LogP contribution in [0.2, 0.25) is 0 Å². The predicted octanol–water partition coefficient (Wildman–Crippen LogP) is -2.80. The van der Waals surface area contributed by atoms with Crippen molar-refractivity contribution in [3.63, 3.8) is 0 Å². The molecule has 30 heteroatoms. The summed E-state index contributed by atoms with van der Waals surface area (Å²) >= 11 is 0. The van der Waals surface area contributed by atoms with Crippen LogP contribution in [0.25, 0.3) is 10.9 Å². The zero-order valence-corrected chi connectivity index (χ0v) is 46.9. The molecule has 20 N–H and O–H groups in total. The number of carbonyl (C=O) groups is 12. The second kappa shape index (κ2) is 34.3. The minimum Gasteiger partial charge on any atom is -0.481 e. The molecular formula is C54H77N13O17. The highest BCUT2D eigenvalue weighted by atomic mass is 16.4. The molecular weight excluding hydrogens is 1100 g/mol. The summed E-state index contributed by atoms with van der Waals surface area (Å²) in [6.45, 7) is 5.46. The summed E-state index contributed by atoms with van der Waals surface area (Å²) in [6.07, 6.45) is -2.04. The van der Waals surface area contributed by atoms with Crippen molar-refractivity contribution in [2.75, 3.05) is 13.2 Å². The van der Waals surface area contributed by atoms with E-state index in [4.69, 9.17) is 17.2 Å². The topological polar surface area (TPSA) is 508 Å². The van der Waals surface area contributed by atoms with Gasteiger partial charge in [-0.15, -0.1) is 0 Å². The highest BCUT2D eigenvalue weighted by Gasteiger charge is 2.38. The van der Waals surface area contributed by atoms with Crippen LogP contribution < -0.4 is 59.7 Å². The highest BCUT2D eigenvalue weighted by molar-refractivity contribution is 6.00. The standard InChI is InChI=1S/C54H77N13O17/c1-5-27(3)43(66-47(77)35(18-19-40(69)70)60-45(75)32(55)26-68)51(81)63-36(22-30-25-59-33-16-11-10-15-31(30)33)48(78)61-34(17-12-20-58-54(56)57)46(76)62-38(24-42(73)74)50(80)67-44(28(4)6-2)52(82)64-37(23-41(71)72)49(79)65-39(53(83)84)21-29-13-8-7-9-14-29/h7-11,13-16,25,27-28,32,34-39,43-44,59,68H,5-6,12,17-24,26,55H2,1-4H3,(H,60,75)(H,61,78)(H,62,76)(H,63,81)(H,64,82)(H,65,79)(H,66,77)(H,67,80)(H,69,70)(H,71,72)(H,73,74)(H,83,84)(H4,56,57,58). The number of carboxylic acid groups (broad SMARTS) is 4. The van der Waals surface area contributed by atoms with Gasteiger partial charge in [-0.05, 0) is 48.3 Å². The van der Waals surface area contributed by atoms with Gasteiger partial charge in [-0.2, -0.15) is 0 Å². The lowest BCUT2D eigenvalue weighted by Gasteiger charge is -2.30. The van der Waals surface area contributed by atoms with Crippen LogP contribution in [0, 0.1) is 11.8 Å². The maximum atomic E-state index is 14.7. The van der Waals surface area contributed by atoms with E-state index in [2.05, 4.69) is 52.5 Å². The Morgan fingerprint density at radius 2 is 0.988 bits per heavy atom. The smallest absolute Gasteiger partial charge is 0.326 e. The Morgan fingerprint density at radius 3 is 1.51 bits per heavy atom. The van der Waals surface area contributed by atoms with Crippen LogP contribution in [0.4, 0.5) is 0 Å². The lowest BCUT2D eigenvalue weighted by atomic mass is 9.96. The number of hydrogen-bond acceptors (Lipinski definition) is 15. The summed E-state index contributed by atoms with van der Waals surface area (Å²) in [5.74, 6) is -16.5. The number of aromatic amines is 1. The van der Waals surface area contributed by atoms with Gasteiger partial charge in [0.2, 0.25) is 47.3 Å². The molecule has 84 heavy (non-hydrogen) atoms. The molecule has 2 aromatic carbocycles. The van der Waals surface area contributed by atoms with Crippen molar-refractivity contribution in [3.8, 4) is 0 Å². The van der Waals surface area contributed by atoms with Crippen LogP contribution in [0.3, 0.4) is 0 Å². The van der Waals surface area contributed by atoms with Gasteiger partial charge in [0.05, 0.1) is 19.4 Å². The Labute approximate surface area is 482 Å². The fourth-order valence-electron chi connectivity index (χ4n) is 8.47. The van der Waals surface area contributed by atoms with E-state index in [1.807, 2.05) is 0 Å². The third kappa shape index (κ3) is 22.6. The van der Waals surface area contributed by atoms with Crippen molar-refractivity contribution < 1.29 is 83.1 Å². The number of nitrogens with one attached hydrogen (secondary N) is 9. The first-order valence-corrected chi connectivity index (χ1v) is 27.0. The molecule has 0 bridgehead atoms. The maximum Gasteiger partial charge on any atom is 0.326 e. The van der Waals surface area contributed by atoms with Gasteiger partial charge in [0.25, 0.3) is 0 Å². The van der Waals surface area contributed by atoms with Crippen LogP contribution in [0.5, 0.6) is 0 Å². The van der Waals surface area contributed by atoms with Crippen molar-refractivity contribution in [3.05, 3.63) is 71.9 Å². The second-order valence-corrected chi connectivity index (χ2v) is 20.1. The number of aliphatic hydroxyl groups is 1. The largest absolute Gasteiger partial charge is 0.481 e. The molecule has 3 rings (SSSR count). The molecule has 3 aromatic rings. The Bertz CT molecular complexity index is 2830. The van der Waals surface area contributed by atoms with E-state index in [0.29, 0.717) is 22.0 Å². The number of hydrogen-bond donors (Lipinski definition) is 17. The van der Waals surface area contributed by atoms with Gasteiger partial charge in [0.15, 0.2) is 5.96 Å². The normalized spacial score (nSPS) is 15.0. The number of benzene rings is 2. The van der Waals surface area contributed by atoms with Gasteiger partial charge in [0.1, 0.15) is 54.4 Å². The first kappa shape index (κ1) is 69.1. The Morgan fingerprint density at radius 1 is 0.536 bits per heavy atom. The second-order valence-electron chi connectivity index (χ2n) is 20.1. The fraction of sp³-hybridized carbons (Fsp3) is 0.500. The third-order valence-electron chi connectivity index (χ3n) is 13.6. The monoisotopic (exact) mass is 1180 g/mol. The Kier molecular flexibility index (Phi) is 28.2. The molecule has 0 saturated heterocycles. The number of aromatic nitrogens is 1. The van der Waals surface area contributed by atoms with E-state index in [-0.39, 0.29) is 51.0 Å². The lowest BCUT2D eigenvalue weighted by Crippen LogP contribution is -2.62. The number of aliphatic carboxylic acids is 4. The summed E-state index contributed by atoms with van der Waals surface area (Å²) in [5, 5.41) is 68.3. The number of carbonyl (C=O) groups excluding carboxylic acids is 8. The molecule has 0 spiro atoms. The van der Waals surface area contributed by atoms with Gasteiger partial charge in [-0.25, -0.2) is 4.79 Å². The van der Waals surface area contributed by atoms with Gasteiger partial charge < -0.3 is 90.3 Å². The lowest BCUT2D eigenvalue weighted by molar-refractivity contribution is -0.144. The minimum atomic E-state index is -2.00. The van der Waals surface area contributed by atoms with Crippen LogP contribution in [0.15, 0.2) is 65.8 Å². The number of amides is 8. The van der Waals surface area contributed by atoms with Gasteiger partial charge in [0, 0.05) is 42.9 Å². The number of carboxylic acids is 4. The SMILES string of the molecule is CCC(C)C(NC(=O)C(CC(=O)O)NC(=O)C(CCCN=C(N)N)NC(=O)C(Cc1c[nH]c2ccccc12)NC(=O)C(NC(=O)C(CCC(=O)O)NC(=O)C(N)CO)C(C)CC)C(=O)NC(CC(=O)O)C(=O)NC(Cc1ccccc1)C(=O)O. The average molecular weight is 1180 g/mol. The maximum absolute atomic E-state index is 14.7. The van der Waals surface area contributed by atoms with Crippen LogP contribution >= 0.6 is 0 Å². The number of guanidine groups is 1. The molecule has 1 heterocycles. The summed E-state index contributed by atoms with van der Waals surface area (Å²) in [5.41, 5.74) is 18.3. The molecule has 0 fully saturated rings. The summed E-state index contributed by atoms with van der Waals surface area (Å²) < 4.78 is 0. The predicted molar refractivity (Wildman–Crippen MR) is 300 cm³/mol. The Balaban J connectivity index is 2.02. The number of para-hydroxylation sites is 1. The van der Waals surface area contributed by atoms with Crippen LogP contribution in [0.1, 0.15) is 90.2 Å². The molecule has 0 radical (unpaired) electrons. The number of aliphatic imine (C=N–C) groups is 1. The molecule has 11 atom stereocenters. The summed E-state index contributed by atoms with van der Waals surface area (Å²) in [7, 11) is 0. The first-order chi connectivity index (χ1) is 39.7. The van der Waals surface area contributed by atoms with Gasteiger partial charge >= 0.3 is 23.9 Å². The molecule has 8 amide bonds. The van der Waals surface area contributed by atoms with Crippen molar-refractivity contribution in [2.24, 2.45) is 34.0 Å². The van der Waals surface area contributed by atoms with Crippen molar-refractivity contribution in [1.82, 2.24) is 47.5 Å². The summed E-state index contributed by atoms with van der Waals surface area (Å²) in [4.78, 5) is 167. The van der Waals surface area contributed by atoms with E-state index in [1.165, 1.54) is 6.92 Å². The van der Waals surface area contributed by atoms with E-state index >= 15 is 0 Å². The number of rotatable bonds is 37. The molecule has 0 saturated carbocycles. The van der Waals surface area contributed by atoms with Crippen molar-refractivity contribution in [1.29, 1.82) is 0 Å².